The molecule has 1 aromatic carbocycles. The maximum Gasteiger partial charge on any atom is 0.140 e. The van der Waals surface area contributed by atoms with Crippen molar-refractivity contribution in [2.45, 2.75) is 46.8 Å². The molecule has 0 aliphatic carbocycles. The van der Waals surface area contributed by atoms with Crippen molar-refractivity contribution in [2.75, 3.05) is 0 Å². The van der Waals surface area contributed by atoms with Gasteiger partial charge in [-0.2, -0.15) is 5.10 Å². The molecule has 0 radical (unpaired) electrons. The monoisotopic (exact) mass is 276 g/mol. The second kappa shape index (κ2) is 6.61. The molecule has 20 heavy (non-hydrogen) atoms. The van der Waals surface area contributed by atoms with E-state index in [1.54, 1.807) is 20.2 Å². The summed E-state index contributed by atoms with van der Waals surface area (Å²) >= 11 is 0. The van der Waals surface area contributed by atoms with Gasteiger partial charge >= 0.3 is 0 Å². The summed E-state index contributed by atoms with van der Waals surface area (Å²) in [5, 5.41) is 7.52. The minimum Gasteiger partial charge on any atom is -0.306 e. The van der Waals surface area contributed by atoms with Gasteiger partial charge in [-0.05, 0) is 37.0 Å². The summed E-state index contributed by atoms with van der Waals surface area (Å²) in [6, 6.07) is 3.76. The van der Waals surface area contributed by atoms with Crippen LogP contribution in [-0.4, -0.2) is 14.8 Å². The number of aryl methyl sites for hydroxylation is 3. The second-order valence-electron chi connectivity index (χ2n) is 5.05. The Morgan fingerprint density at radius 1 is 1.20 bits per heavy atom. The number of halogens is 1. The molecule has 0 saturated heterocycles. The Bertz CT molecular complexity index is 554. The zero-order valence-electron chi connectivity index (χ0n) is 12.3. The highest BCUT2D eigenvalue weighted by Gasteiger charge is 2.06. The molecule has 0 saturated carbocycles. The van der Waals surface area contributed by atoms with Gasteiger partial charge in [0.2, 0.25) is 0 Å². The summed E-state index contributed by atoms with van der Waals surface area (Å²) in [5.74, 6) is 0.818. The molecule has 2 rings (SSSR count). The predicted molar refractivity (Wildman–Crippen MR) is 76.7 cm³/mol. The van der Waals surface area contributed by atoms with Gasteiger partial charge < -0.3 is 5.32 Å². The number of nitrogens with zero attached hydrogens (tertiary/aromatic N) is 3. The average Bonchev–Trinajstić information content (AvgIpc) is 2.84. The summed E-state index contributed by atoms with van der Waals surface area (Å²) in [5.41, 5.74) is 2.47. The van der Waals surface area contributed by atoms with Gasteiger partial charge in [-0.1, -0.05) is 19.1 Å². The highest BCUT2D eigenvalue weighted by Crippen LogP contribution is 2.14. The van der Waals surface area contributed by atoms with Crippen LogP contribution in [0.15, 0.2) is 18.5 Å². The molecule has 5 heteroatoms. The smallest absolute Gasteiger partial charge is 0.140 e. The molecule has 0 atom stereocenters. The van der Waals surface area contributed by atoms with Crippen molar-refractivity contribution in [3.05, 3.63) is 46.8 Å². The quantitative estimate of drug-likeness (QED) is 0.882. The van der Waals surface area contributed by atoms with Gasteiger partial charge in [0.05, 0.1) is 6.54 Å². The van der Waals surface area contributed by atoms with Crippen LogP contribution >= 0.6 is 0 Å². The van der Waals surface area contributed by atoms with E-state index in [0.29, 0.717) is 24.2 Å². The number of benzene rings is 1. The van der Waals surface area contributed by atoms with Gasteiger partial charge in [-0.3, -0.25) is 0 Å². The first kappa shape index (κ1) is 14.7. The first-order valence-electron chi connectivity index (χ1n) is 6.94. The van der Waals surface area contributed by atoms with E-state index in [9.17, 15) is 4.39 Å². The number of hydrogen-bond acceptors (Lipinski definition) is 3. The molecule has 0 spiro atoms. The molecule has 0 fully saturated rings. The topological polar surface area (TPSA) is 42.7 Å². The lowest BCUT2D eigenvalue weighted by molar-refractivity contribution is 0.541. The molecule has 0 unspecified atom stereocenters. The third-order valence-electron chi connectivity index (χ3n) is 3.24. The van der Waals surface area contributed by atoms with Gasteiger partial charge in [0, 0.05) is 13.1 Å². The van der Waals surface area contributed by atoms with Crippen molar-refractivity contribution in [2.24, 2.45) is 0 Å². The lowest BCUT2D eigenvalue weighted by atomic mass is 10.1. The van der Waals surface area contributed by atoms with Crippen LogP contribution in [0.1, 0.15) is 35.9 Å². The van der Waals surface area contributed by atoms with Crippen LogP contribution in [0.3, 0.4) is 0 Å². The van der Waals surface area contributed by atoms with Gasteiger partial charge in [0.1, 0.15) is 18.0 Å². The van der Waals surface area contributed by atoms with Gasteiger partial charge in [-0.15, -0.1) is 0 Å². The summed E-state index contributed by atoms with van der Waals surface area (Å²) in [6.45, 7) is 7.94. The van der Waals surface area contributed by atoms with Crippen molar-refractivity contribution in [3.8, 4) is 0 Å². The molecule has 0 aliphatic heterocycles. The number of hydrogen-bond donors (Lipinski definition) is 1. The Balaban J connectivity index is 1.94. The van der Waals surface area contributed by atoms with Crippen molar-refractivity contribution in [3.63, 3.8) is 0 Å². The van der Waals surface area contributed by atoms with Crippen LogP contribution in [0.2, 0.25) is 0 Å². The van der Waals surface area contributed by atoms with E-state index in [4.69, 9.17) is 0 Å². The molecule has 0 aliphatic rings. The zero-order valence-corrected chi connectivity index (χ0v) is 12.3. The van der Waals surface area contributed by atoms with E-state index in [2.05, 4.69) is 22.3 Å². The lowest BCUT2D eigenvalue weighted by Crippen LogP contribution is -2.17. The van der Waals surface area contributed by atoms with Crippen LogP contribution in [-0.2, 0) is 19.6 Å². The Hall–Kier alpha value is -1.75. The standard InChI is InChI=1S/C15H21FN4/c1-4-5-20-14(18-10-19-20)9-17-8-13-6-11(2)15(16)12(3)7-13/h6-7,10,17H,4-5,8-9H2,1-3H3. The fourth-order valence-electron chi connectivity index (χ4n) is 2.28. The van der Waals surface area contributed by atoms with Crippen LogP contribution in [0.4, 0.5) is 4.39 Å². The normalized spacial score (nSPS) is 11.0. The van der Waals surface area contributed by atoms with E-state index < -0.39 is 0 Å². The molecule has 1 heterocycles. The Morgan fingerprint density at radius 2 is 1.90 bits per heavy atom. The maximum atomic E-state index is 13.6. The summed E-state index contributed by atoms with van der Waals surface area (Å²) in [6.07, 6.45) is 2.62. The fraction of sp³-hybridized carbons (Fsp3) is 0.467. The first-order valence-corrected chi connectivity index (χ1v) is 6.94. The van der Waals surface area contributed by atoms with E-state index in [1.165, 1.54) is 0 Å². The largest absolute Gasteiger partial charge is 0.306 e. The summed E-state index contributed by atoms with van der Waals surface area (Å²) < 4.78 is 15.5. The number of rotatable bonds is 6. The van der Waals surface area contributed by atoms with Gasteiger partial charge in [-0.25, -0.2) is 14.1 Å². The van der Waals surface area contributed by atoms with Crippen molar-refractivity contribution < 1.29 is 4.39 Å². The molecule has 1 N–H and O–H groups in total. The van der Waals surface area contributed by atoms with Crippen molar-refractivity contribution in [1.29, 1.82) is 0 Å². The van der Waals surface area contributed by atoms with Crippen molar-refractivity contribution in [1.82, 2.24) is 20.1 Å². The van der Waals surface area contributed by atoms with Gasteiger partial charge in [0.15, 0.2) is 0 Å². The number of aromatic nitrogens is 3. The first-order chi connectivity index (χ1) is 9.61. The molecule has 4 nitrogen and oxygen atoms in total. The van der Waals surface area contributed by atoms with Crippen LogP contribution in [0, 0.1) is 19.7 Å². The Morgan fingerprint density at radius 3 is 2.55 bits per heavy atom. The SMILES string of the molecule is CCCn1ncnc1CNCc1cc(C)c(F)c(C)c1. The van der Waals surface area contributed by atoms with Crippen molar-refractivity contribution >= 4 is 0 Å². The summed E-state index contributed by atoms with van der Waals surface area (Å²) in [4.78, 5) is 4.24. The summed E-state index contributed by atoms with van der Waals surface area (Å²) in [7, 11) is 0. The lowest BCUT2D eigenvalue weighted by Gasteiger charge is -2.09. The maximum absolute atomic E-state index is 13.6. The molecular weight excluding hydrogens is 255 g/mol. The highest BCUT2D eigenvalue weighted by atomic mass is 19.1. The molecule has 0 bridgehead atoms. The molecule has 108 valence electrons. The number of nitrogens with one attached hydrogen (secondary N) is 1. The molecule has 0 amide bonds. The fourth-order valence-corrected chi connectivity index (χ4v) is 2.28. The van der Waals surface area contributed by atoms with E-state index in [1.807, 2.05) is 16.8 Å². The molecule has 2 aromatic rings. The highest BCUT2D eigenvalue weighted by molar-refractivity contribution is 5.30. The molecule has 1 aromatic heterocycles. The average molecular weight is 276 g/mol. The zero-order chi connectivity index (χ0) is 14.5. The van der Waals surface area contributed by atoms with Crippen LogP contribution in [0.5, 0.6) is 0 Å². The minimum atomic E-state index is -0.114. The molecular formula is C15H21FN4. The van der Waals surface area contributed by atoms with Crippen LogP contribution in [0.25, 0.3) is 0 Å². The second-order valence-corrected chi connectivity index (χ2v) is 5.05. The van der Waals surface area contributed by atoms with Crippen LogP contribution < -0.4 is 5.32 Å². The predicted octanol–water partition coefficient (Wildman–Crippen LogP) is 2.73. The van der Waals surface area contributed by atoms with E-state index in [-0.39, 0.29) is 5.82 Å². The Kier molecular flexibility index (Phi) is 4.84. The van der Waals surface area contributed by atoms with E-state index in [0.717, 1.165) is 24.4 Å². The Labute approximate surface area is 119 Å². The third kappa shape index (κ3) is 3.42. The minimum absolute atomic E-state index is 0.114. The van der Waals surface area contributed by atoms with Gasteiger partial charge in [0.25, 0.3) is 0 Å². The third-order valence-corrected chi connectivity index (χ3v) is 3.24. The van der Waals surface area contributed by atoms with E-state index >= 15 is 0 Å².